The van der Waals surface area contributed by atoms with Gasteiger partial charge in [0, 0.05) is 0 Å². The molecule has 0 amide bonds. The monoisotopic (exact) mass is 280 g/mol. The molecular formula is C21H28. The summed E-state index contributed by atoms with van der Waals surface area (Å²) >= 11 is 0. The summed E-state index contributed by atoms with van der Waals surface area (Å²) in [4.78, 5) is 0. The lowest BCUT2D eigenvalue weighted by molar-refractivity contribution is 0.377. The topological polar surface area (TPSA) is 0 Å². The second-order valence-corrected chi connectivity index (χ2v) is 6.90. The molecule has 1 aliphatic rings. The van der Waals surface area contributed by atoms with E-state index in [9.17, 15) is 0 Å². The van der Waals surface area contributed by atoms with Crippen LogP contribution in [-0.4, -0.2) is 0 Å². The molecule has 0 aliphatic heterocycles. The quantitative estimate of drug-likeness (QED) is 0.571. The van der Waals surface area contributed by atoms with Crippen molar-refractivity contribution in [2.75, 3.05) is 0 Å². The van der Waals surface area contributed by atoms with Crippen LogP contribution in [0.25, 0.3) is 0 Å². The first kappa shape index (κ1) is 15.8. The van der Waals surface area contributed by atoms with Gasteiger partial charge in [-0.15, -0.1) is 0 Å². The van der Waals surface area contributed by atoms with Gasteiger partial charge in [-0.3, -0.25) is 0 Å². The standard InChI is InChI=1S/C21H28/c1-17(12-14-19-10-6-5-7-11-19)13-15-20-18(2)9-8-16-21(20,3)4/h5-7,10-13,15H,8-9,14,16H2,1-4H3. The predicted molar refractivity (Wildman–Crippen MR) is 93.4 cm³/mol. The maximum absolute atomic E-state index is 2.37. The van der Waals surface area contributed by atoms with E-state index in [0.29, 0.717) is 5.41 Å². The highest BCUT2D eigenvalue weighted by atomic mass is 14.3. The van der Waals surface area contributed by atoms with Crippen LogP contribution in [0, 0.1) is 5.41 Å². The van der Waals surface area contributed by atoms with E-state index in [0.717, 1.165) is 6.42 Å². The first-order valence-electron chi connectivity index (χ1n) is 8.08. The van der Waals surface area contributed by atoms with Crippen LogP contribution in [0.1, 0.15) is 52.5 Å². The zero-order valence-corrected chi connectivity index (χ0v) is 13.9. The molecule has 2 rings (SSSR count). The van der Waals surface area contributed by atoms with Gasteiger partial charge in [0.2, 0.25) is 0 Å². The van der Waals surface area contributed by atoms with E-state index >= 15 is 0 Å². The molecule has 0 atom stereocenters. The second-order valence-electron chi connectivity index (χ2n) is 6.90. The van der Waals surface area contributed by atoms with E-state index in [-0.39, 0.29) is 0 Å². The third kappa shape index (κ3) is 4.46. The lowest BCUT2D eigenvalue weighted by atomic mass is 9.72. The van der Waals surface area contributed by atoms with Gasteiger partial charge in [-0.1, -0.05) is 73.6 Å². The molecule has 0 aromatic heterocycles. The van der Waals surface area contributed by atoms with Crippen molar-refractivity contribution in [1.29, 1.82) is 0 Å². The Balaban J connectivity index is 2.06. The van der Waals surface area contributed by atoms with Gasteiger partial charge in [-0.05, 0) is 56.1 Å². The molecule has 0 heterocycles. The molecule has 0 nitrogen and oxygen atoms in total. The van der Waals surface area contributed by atoms with Gasteiger partial charge in [-0.25, -0.2) is 0 Å². The van der Waals surface area contributed by atoms with Gasteiger partial charge < -0.3 is 0 Å². The Morgan fingerprint density at radius 1 is 1.19 bits per heavy atom. The number of allylic oxidation sites excluding steroid dienone is 6. The zero-order valence-electron chi connectivity index (χ0n) is 13.9. The molecule has 1 aliphatic carbocycles. The fraction of sp³-hybridized carbons (Fsp3) is 0.429. The Morgan fingerprint density at radius 2 is 1.90 bits per heavy atom. The van der Waals surface area contributed by atoms with E-state index in [2.05, 4.69) is 76.3 Å². The average molecular weight is 280 g/mol. The first-order valence-corrected chi connectivity index (χ1v) is 8.08. The number of rotatable bonds is 4. The summed E-state index contributed by atoms with van der Waals surface area (Å²) in [6.45, 7) is 9.24. The molecular weight excluding hydrogens is 252 g/mol. The van der Waals surface area contributed by atoms with Crippen molar-refractivity contribution in [3.63, 3.8) is 0 Å². The highest BCUT2D eigenvalue weighted by Crippen LogP contribution is 2.40. The molecule has 112 valence electrons. The fourth-order valence-electron chi connectivity index (χ4n) is 3.19. The summed E-state index contributed by atoms with van der Waals surface area (Å²) in [7, 11) is 0. The smallest absolute Gasteiger partial charge is 0.00917 e. The Bertz CT molecular complexity index is 553. The van der Waals surface area contributed by atoms with Crippen molar-refractivity contribution in [3.8, 4) is 0 Å². The van der Waals surface area contributed by atoms with Crippen molar-refractivity contribution >= 4 is 0 Å². The molecule has 0 N–H and O–H groups in total. The van der Waals surface area contributed by atoms with Gasteiger partial charge in [0.05, 0.1) is 0 Å². The minimum atomic E-state index is 0.332. The summed E-state index contributed by atoms with van der Waals surface area (Å²) < 4.78 is 0. The Kier molecular flexibility index (Phi) is 5.22. The zero-order chi connectivity index (χ0) is 15.3. The van der Waals surface area contributed by atoms with E-state index in [1.54, 1.807) is 11.1 Å². The predicted octanol–water partition coefficient (Wildman–Crippen LogP) is 6.26. The minimum absolute atomic E-state index is 0.332. The minimum Gasteiger partial charge on any atom is -0.0772 e. The highest BCUT2D eigenvalue weighted by molar-refractivity contribution is 5.36. The van der Waals surface area contributed by atoms with Gasteiger partial charge in [0.25, 0.3) is 0 Å². The highest BCUT2D eigenvalue weighted by Gasteiger charge is 2.26. The van der Waals surface area contributed by atoms with Crippen molar-refractivity contribution in [1.82, 2.24) is 0 Å². The van der Waals surface area contributed by atoms with E-state index < -0.39 is 0 Å². The van der Waals surface area contributed by atoms with Crippen LogP contribution in [0.4, 0.5) is 0 Å². The molecule has 0 radical (unpaired) electrons. The number of benzene rings is 1. The normalized spacial score (nSPS) is 19.3. The van der Waals surface area contributed by atoms with Gasteiger partial charge in [0.15, 0.2) is 0 Å². The second kappa shape index (κ2) is 6.93. The summed E-state index contributed by atoms with van der Waals surface area (Å²) in [5.74, 6) is 0. The van der Waals surface area contributed by atoms with Crippen molar-refractivity contribution < 1.29 is 0 Å². The number of hydrogen-bond acceptors (Lipinski definition) is 0. The summed E-state index contributed by atoms with van der Waals surface area (Å²) in [5.41, 5.74) is 6.16. The van der Waals surface area contributed by atoms with Crippen LogP contribution in [0.15, 0.2) is 65.3 Å². The number of hydrogen-bond donors (Lipinski definition) is 0. The maximum Gasteiger partial charge on any atom is -0.00917 e. The lowest BCUT2D eigenvalue weighted by Gasteiger charge is -2.32. The molecule has 0 unspecified atom stereocenters. The summed E-state index contributed by atoms with van der Waals surface area (Å²) in [5, 5.41) is 0. The average Bonchev–Trinajstić information content (AvgIpc) is 2.45. The third-order valence-corrected chi connectivity index (χ3v) is 4.56. The molecule has 1 aromatic rings. The molecule has 0 bridgehead atoms. The molecule has 21 heavy (non-hydrogen) atoms. The van der Waals surface area contributed by atoms with Crippen LogP contribution < -0.4 is 0 Å². The molecule has 0 fully saturated rings. The van der Waals surface area contributed by atoms with Crippen LogP contribution >= 0.6 is 0 Å². The fourth-order valence-corrected chi connectivity index (χ4v) is 3.19. The van der Waals surface area contributed by atoms with E-state index in [4.69, 9.17) is 0 Å². The van der Waals surface area contributed by atoms with Crippen molar-refractivity contribution in [2.24, 2.45) is 5.41 Å². The van der Waals surface area contributed by atoms with Crippen molar-refractivity contribution in [3.05, 3.63) is 70.8 Å². The van der Waals surface area contributed by atoms with Crippen LogP contribution in [0.2, 0.25) is 0 Å². The van der Waals surface area contributed by atoms with Crippen LogP contribution in [0.3, 0.4) is 0 Å². The van der Waals surface area contributed by atoms with Gasteiger partial charge in [0.1, 0.15) is 0 Å². The Morgan fingerprint density at radius 3 is 2.57 bits per heavy atom. The SMILES string of the molecule is CC(C=CC1=C(C)CCCC1(C)C)=CCc1ccccc1. The van der Waals surface area contributed by atoms with Gasteiger partial charge in [-0.2, -0.15) is 0 Å². The summed E-state index contributed by atoms with van der Waals surface area (Å²) in [6.07, 6.45) is 11.9. The third-order valence-electron chi connectivity index (χ3n) is 4.56. The maximum atomic E-state index is 2.37. The molecule has 0 heteroatoms. The first-order chi connectivity index (χ1) is 9.99. The Hall–Kier alpha value is -1.56. The lowest BCUT2D eigenvalue weighted by Crippen LogP contribution is -2.19. The largest absolute Gasteiger partial charge is 0.0772 e. The summed E-state index contributed by atoms with van der Waals surface area (Å²) in [6, 6.07) is 10.6. The molecule has 0 saturated heterocycles. The van der Waals surface area contributed by atoms with Crippen molar-refractivity contribution in [2.45, 2.75) is 53.4 Å². The van der Waals surface area contributed by atoms with Crippen LogP contribution in [-0.2, 0) is 6.42 Å². The van der Waals surface area contributed by atoms with Gasteiger partial charge >= 0.3 is 0 Å². The molecule has 0 spiro atoms. The Labute approximate surface area is 130 Å². The molecule has 0 saturated carbocycles. The van der Waals surface area contributed by atoms with E-state index in [1.807, 2.05) is 0 Å². The molecule has 1 aromatic carbocycles. The van der Waals surface area contributed by atoms with Crippen LogP contribution in [0.5, 0.6) is 0 Å². The van der Waals surface area contributed by atoms with E-state index in [1.165, 1.54) is 30.4 Å².